The zero-order valence-corrected chi connectivity index (χ0v) is 16.0. The lowest BCUT2D eigenvalue weighted by Gasteiger charge is -2.28. The Balaban J connectivity index is 2.64. The molecule has 6 nitrogen and oxygen atoms in total. The van der Waals surface area contributed by atoms with Gasteiger partial charge in [-0.15, -0.1) is 0 Å². The van der Waals surface area contributed by atoms with E-state index in [0.717, 1.165) is 12.2 Å². The summed E-state index contributed by atoms with van der Waals surface area (Å²) in [4.78, 5) is 24.8. The zero-order chi connectivity index (χ0) is 17.7. The Hall–Kier alpha value is -0.860. The number of carbonyl (C=O) groups is 2. The summed E-state index contributed by atoms with van der Waals surface area (Å²) in [6.45, 7) is 8.91. The molecule has 0 aromatic rings. The van der Waals surface area contributed by atoms with Crippen LogP contribution in [0.4, 0.5) is 0 Å². The maximum absolute atomic E-state index is 12.5. The summed E-state index contributed by atoms with van der Waals surface area (Å²) in [6.07, 6.45) is 1.93. The minimum absolute atomic E-state index is 0.221. The van der Waals surface area contributed by atoms with E-state index in [1.807, 2.05) is 19.9 Å². The molecule has 0 saturated heterocycles. The van der Waals surface area contributed by atoms with Gasteiger partial charge >= 0.3 is 0 Å². The van der Waals surface area contributed by atoms with Crippen LogP contribution in [0.5, 0.6) is 0 Å². The number of rotatable bonds is 10. The van der Waals surface area contributed by atoms with Crippen molar-refractivity contribution in [2.75, 3.05) is 24.6 Å². The second kappa shape index (κ2) is 8.30. The van der Waals surface area contributed by atoms with Crippen LogP contribution in [0.15, 0.2) is 11.8 Å². The maximum atomic E-state index is 12.5. The molecular formula is C15H28N4O2S2. The van der Waals surface area contributed by atoms with Crippen molar-refractivity contribution in [3.05, 3.63) is 11.8 Å². The van der Waals surface area contributed by atoms with Gasteiger partial charge in [-0.25, -0.2) is 0 Å². The van der Waals surface area contributed by atoms with Crippen molar-refractivity contribution in [2.24, 2.45) is 0 Å². The van der Waals surface area contributed by atoms with Crippen molar-refractivity contribution in [1.29, 1.82) is 0 Å². The summed E-state index contributed by atoms with van der Waals surface area (Å²) < 4.78 is 0. The van der Waals surface area contributed by atoms with Gasteiger partial charge in [-0.1, -0.05) is 6.92 Å². The van der Waals surface area contributed by atoms with Gasteiger partial charge in [0.05, 0.1) is 5.54 Å². The minimum atomic E-state index is -0.746. The van der Waals surface area contributed by atoms with Crippen LogP contribution in [0.2, 0.25) is 0 Å². The molecule has 0 spiro atoms. The lowest BCUT2D eigenvalue weighted by molar-refractivity contribution is -0.131. The van der Waals surface area contributed by atoms with Crippen LogP contribution in [0.25, 0.3) is 0 Å². The molecule has 0 heterocycles. The van der Waals surface area contributed by atoms with E-state index in [-0.39, 0.29) is 17.6 Å². The number of carbonyl (C=O) groups excluding carboxylic acids is 2. The van der Waals surface area contributed by atoms with E-state index in [4.69, 9.17) is 0 Å². The van der Waals surface area contributed by atoms with E-state index in [2.05, 4.69) is 46.5 Å². The van der Waals surface area contributed by atoms with Crippen molar-refractivity contribution in [1.82, 2.24) is 21.3 Å². The Morgan fingerprint density at radius 3 is 2.39 bits per heavy atom. The Kier molecular flexibility index (Phi) is 7.29. The molecule has 0 saturated carbocycles. The van der Waals surface area contributed by atoms with Crippen molar-refractivity contribution >= 4 is 37.1 Å². The molecule has 0 aromatic heterocycles. The minimum Gasteiger partial charge on any atom is -0.387 e. The van der Waals surface area contributed by atoms with Gasteiger partial charge in [0.15, 0.2) is 0 Å². The number of hydrogen-bond acceptors (Lipinski definition) is 6. The first-order valence-corrected chi connectivity index (χ1v) is 9.09. The topological polar surface area (TPSA) is 82.3 Å². The molecule has 4 N–H and O–H groups in total. The SMILES string of the molecule is CCNC1=C[C@]1(CS)NC(=O)[C@@H](CS)NC(=O)C(C)(C)NCC. The van der Waals surface area contributed by atoms with Crippen LogP contribution in [0.1, 0.15) is 27.7 Å². The number of amides is 2. The first kappa shape index (κ1) is 20.2. The highest BCUT2D eigenvalue weighted by molar-refractivity contribution is 7.80. The van der Waals surface area contributed by atoms with Crippen LogP contribution < -0.4 is 21.3 Å². The van der Waals surface area contributed by atoms with Crippen LogP contribution in [0.3, 0.4) is 0 Å². The normalized spacial score (nSPS) is 21.2. The number of likely N-dealkylation sites (N-methyl/N-ethyl adjacent to an activating group) is 2. The summed E-state index contributed by atoms with van der Waals surface area (Å²) in [6, 6.07) is -0.697. The first-order valence-electron chi connectivity index (χ1n) is 7.83. The van der Waals surface area contributed by atoms with Gasteiger partial charge in [0.2, 0.25) is 11.8 Å². The van der Waals surface area contributed by atoms with Crippen molar-refractivity contribution in [3.63, 3.8) is 0 Å². The molecule has 0 fully saturated rings. The lowest BCUT2D eigenvalue weighted by atomic mass is 10.0. The van der Waals surface area contributed by atoms with E-state index in [9.17, 15) is 9.59 Å². The lowest BCUT2D eigenvalue weighted by Crippen LogP contribution is -2.59. The molecule has 0 aromatic carbocycles. The van der Waals surface area contributed by atoms with Gasteiger partial charge in [-0.3, -0.25) is 9.59 Å². The number of thiol groups is 2. The standard InChI is InChI=1S/C15H28N4O2S2/c1-5-16-11-7-15(11,9-23)19-12(20)10(8-22)18-13(21)14(3,4)17-6-2/h7,10,16-17,22-23H,5-6,8-9H2,1-4H3,(H,18,21)(H,19,20)/t10-,15-/m1/s1. The fourth-order valence-corrected chi connectivity index (χ4v) is 2.84. The van der Waals surface area contributed by atoms with Gasteiger partial charge in [-0.2, -0.15) is 25.3 Å². The van der Waals surface area contributed by atoms with Gasteiger partial charge < -0.3 is 21.3 Å². The molecule has 23 heavy (non-hydrogen) atoms. The molecule has 0 aliphatic heterocycles. The number of hydrogen-bond donors (Lipinski definition) is 6. The molecule has 0 bridgehead atoms. The highest BCUT2D eigenvalue weighted by Crippen LogP contribution is 2.33. The molecule has 2 amide bonds. The summed E-state index contributed by atoms with van der Waals surface area (Å²) in [7, 11) is 0. The fraction of sp³-hybridized carbons (Fsp3) is 0.733. The fourth-order valence-electron chi connectivity index (χ4n) is 2.25. The molecule has 1 aliphatic rings. The van der Waals surface area contributed by atoms with Crippen LogP contribution in [-0.4, -0.2) is 53.5 Å². The van der Waals surface area contributed by atoms with E-state index in [0.29, 0.717) is 12.3 Å². The monoisotopic (exact) mass is 360 g/mol. The third-order valence-electron chi connectivity index (χ3n) is 3.74. The molecule has 0 radical (unpaired) electrons. The molecule has 0 unspecified atom stereocenters. The smallest absolute Gasteiger partial charge is 0.244 e. The highest BCUT2D eigenvalue weighted by atomic mass is 32.1. The summed E-state index contributed by atoms with van der Waals surface area (Å²) in [5, 5.41) is 12.0. The average Bonchev–Trinajstić information content (AvgIpc) is 3.17. The molecule has 2 atom stereocenters. The maximum Gasteiger partial charge on any atom is 0.244 e. The molecular weight excluding hydrogens is 332 g/mol. The third kappa shape index (κ3) is 5.06. The molecule has 1 rings (SSSR count). The summed E-state index contributed by atoms with van der Waals surface area (Å²) in [5.41, 5.74) is -0.315. The van der Waals surface area contributed by atoms with Gasteiger partial charge in [0, 0.05) is 23.7 Å². The van der Waals surface area contributed by atoms with Crippen molar-refractivity contribution < 1.29 is 9.59 Å². The Morgan fingerprint density at radius 2 is 1.91 bits per heavy atom. The van der Waals surface area contributed by atoms with Crippen LogP contribution in [0, 0.1) is 0 Å². The van der Waals surface area contributed by atoms with E-state index in [1.165, 1.54) is 0 Å². The molecule has 8 heteroatoms. The van der Waals surface area contributed by atoms with Crippen molar-refractivity contribution in [2.45, 2.75) is 44.8 Å². The first-order chi connectivity index (χ1) is 10.8. The number of nitrogens with one attached hydrogen (secondary N) is 4. The van der Waals surface area contributed by atoms with Crippen LogP contribution in [-0.2, 0) is 9.59 Å². The molecule has 1 aliphatic carbocycles. The quantitative estimate of drug-likeness (QED) is 0.312. The van der Waals surface area contributed by atoms with E-state index >= 15 is 0 Å². The highest BCUT2D eigenvalue weighted by Gasteiger charge is 2.45. The Bertz CT molecular complexity index is 482. The Morgan fingerprint density at radius 1 is 1.26 bits per heavy atom. The summed E-state index contributed by atoms with van der Waals surface area (Å²) >= 11 is 8.50. The predicted molar refractivity (Wildman–Crippen MR) is 100 cm³/mol. The van der Waals surface area contributed by atoms with Gasteiger partial charge in [0.1, 0.15) is 11.6 Å². The van der Waals surface area contributed by atoms with Crippen molar-refractivity contribution in [3.8, 4) is 0 Å². The van der Waals surface area contributed by atoms with Gasteiger partial charge in [0.25, 0.3) is 0 Å². The zero-order valence-electron chi connectivity index (χ0n) is 14.2. The second-order valence-electron chi connectivity index (χ2n) is 6.07. The predicted octanol–water partition coefficient (Wildman–Crippen LogP) is 0.0809. The van der Waals surface area contributed by atoms with E-state index in [1.54, 1.807) is 13.8 Å². The van der Waals surface area contributed by atoms with Gasteiger partial charge in [-0.05, 0) is 33.4 Å². The second-order valence-corrected chi connectivity index (χ2v) is 6.75. The Labute approximate surface area is 149 Å². The van der Waals surface area contributed by atoms with Crippen LogP contribution >= 0.6 is 25.3 Å². The largest absolute Gasteiger partial charge is 0.387 e. The average molecular weight is 361 g/mol. The summed E-state index contributed by atoms with van der Waals surface area (Å²) in [5.74, 6) is 0.193. The third-order valence-corrected chi connectivity index (χ3v) is 4.61. The van der Waals surface area contributed by atoms with E-state index < -0.39 is 17.1 Å². The molecule has 132 valence electrons.